The number of para-hydroxylation sites is 2. The third kappa shape index (κ3) is 4.72. The van der Waals surface area contributed by atoms with Crippen LogP contribution in [-0.4, -0.2) is 73.2 Å². The van der Waals surface area contributed by atoms with E-state index in [1.54, 1.807) is 24.3 Å². The number of aromatic nitrogens is 2. The molecule has 2 aliphatic rings. The number of nitrogens with zero attached hydrogens (tertiary/aromatic N) is 2. The van der Waals surface area contributed by atoms with Crippen molar-refractivity contribution >= 4 is 22.1 Å². The summed E-state index contributed by atoms with van der Waals surface area (Å²) in [6, 6.07) is 14.0. The fourth-order valence-corrected chi connectivity index (χ4v) is 6.86. The Balaban J connectivity index is 1.42. The first-order valence-corrected chi connectivity index (χ1v) is 15.4. The van der Waals surface area contributed by atoms with Crippen LogP contribution in [-0.2, 0) is 12.8 Å². The summed E-state index contributed by atoms with van der Waals surface area (Å²) in [6.07, 6.45) is -6.00. The zero-order valence-corrected chi connectivity index (χ0v) is 25.7. The number of rotatable bonds is 3. The van der Waals surface area contributed by atoms with Crippen LogP contribution in [0.15, 0.2) is 60.7 Å². The van der Waals surface area contributed by atoms with Crippen molar-refractivity contribution in [2.45, 2.75) is 37.3 Å². The van der Waals surface area contributed by atoms with E-state index in [-0.39, 0.29) is 91.8 Å². The summed E-state index contributed by atoms with van der Waals surface area (Å²) < 4.78 is 12.2. The molecule has 0 amide bonds. The molecule has 4 atom stereocenters. The molecule has 6 aromatic rings. The summed E-state index contributed by atoms with van der Waals surface area (Å²) in [4.78, 5) is 9.23. The Morgan fingerprint density at radius 3 is 1.58 bits per heavy atom. The predicted octanol–water partition coefficient (Wildman–Crippen LogP) is 4.17. The fourth-order valence-electron chi connectivity index (χ4n) is 6.86. The van der Waals surface area contributed by atoms with Crippen LogP contribution in [0, 0.1) is 0 Å². The van der Waals surface area contributed by atoms with Gasteiger partial charge < -0.3 is 60.5 Å². The molecule has 10 N–H and O–H groups in total. The van der Waals surface area contributed by atoms with Crippen LogP contribution in [0.25, 0.3) is 33.2 Å². The van der Waals surface area contributed by atoms with Gasteiger partial charge in [-0.2, -0.15) is 0 Å². The van der Waals surface area contributed by atoms with Crippen molar-refractivity contribution in [1.82, 2.24) is 9.97 Å². The summed E-state index contributed by atoms with van der Waals surface area (Å²) in [5.74, 6) is -4.62. The molecule has 14 nitrogen and oxygen atoms in total. The molecule has 2 aliphatic heterocycles. The van der Waals surface area contributed by atoms with E-state index in [0.717, 1.165) is 18.2 Å². The Hall–Kier alpha value is -6.38. The number of aliphatic hydroxyl groups is 2. The lowest BCUT2D eigenvalue weighted by molar-refractivity contribution is 0.0189. The van der Waals surface area contributed by atoms with Gasteiger partial charge in [-0.25, -0.2) is 9.97 Å². The maximum absolute atomic E-state index is 12.1. The summed E-state index contributed by atoms with van der Waals surface area (Å²) in [5, 5.41) is 109. The van der Waals surface area contributed by atoms with E-state index >= 15 is 0 Å². The maximum Gasteiger partial charge on any atom is 0.200 e. The standard InChI is InChI=1S/C36H28N2O12/c39-13-5-22(41)15-10-25(44)35(49-27(15)7-13)17-9-21-31(38-20-4-2-1-3-19(20)37-21)33(47)29(17)30-18(12-24(43)32(46)34(30)48)36-26(45)11-16-23(42)6-14(40)8-28(16)50-36/h1-9,12,25-26,35-36,39-48H,10-11H2/t25-,26-,35-,36-/m1/s1. The van der Waals surface area contributed by atoms with Gasteiger partial charge in [-0.15, -0.1) is 0 Å². The van der Waals surface area contributed by atoms with Crippen molar-refractivity contribution in [3.05, 3.63) is 82.9 Å². The minimum Gasteiger partial charge on any atom is -0.508 e. The maximum atomic E-state index is 12.1. The molecule has 3 heterocycles. The first-order valence-electron chi connectivity index (χ1n) is 15.4. The molecular weight excluding hydrogens is 652 g/mol. The number of hydrogen-bond donors (Lipinski definition) is 10. The van der Waals surface area contributed by atoms with Gasteiger partial charge in [0.05, 0.1) is 28.8 Å². The molecule has 0 bridgehead atoms. The number of ether oxygens (including phenoxy) is 2. The molecule has 0 unspecified atom stereocenters. The van der Waals surface area contributed by atoms with Crippen LogP contribution < -0.4 is 9.47 Å². The average Bonchev–Trinajstić information content (AvgIpc) is 3.07. The lowest BCUT2D eigenvalue weighted by atomic mass is 9.83. The zero-order valence-electron chi connectivity index (χ0n) is 25.7. The van der Waals surface area contributed by atoms with Gasteiger partial charge >= 0.3 is 0 Å². The van der Waals surface area contributed by atoms with Crippen molar-refractivity contribution in [3.63, 3.8) is 0 Å². The Morgan fingerprint density at radius 1 is 0.520 bits per heavy atom. The Kier molecular flexibility index (Phi) is 6.85. The topological polar surface area (TPSA) is 247 Å². The van der Waals surface area contributed by atoms with Crippen LogP contribution in [0.5, 0.6) is 57.5 Å². The van der Waals surface area contributed by atoms with E-state index < -0.39 is 47.4 Å². The third-order valence-corrected chi connectivity index (χ3v) is 9.16. The highest BCUT2D eigenvalue weighted by Gasteiger charge is 2.40. The molecule has 0 saturated heterocycles. The number of aromatic hydroxyl groups is 8. The Labute approximate surface area is 281 Å². The SMILES string of the molecule is Oc1cc(O)c2c(c1)O[C@H](c1cc(O)c(O)c(O)c1-c1c([C@H]3Oc4cc(O)cc(O)c4C[C@H]3O)cc3nc4ccccc4nc3c1O)[C@H](O)C2. The summed E-state index contributed by atoms with van der Waals surface area (Å²) in [5.41, 5.74) is 0.627. The molecule has 254 valence electrons. The van der Waals surface area contributed by atoms with E-state index in [4.69, 9.17) is 9.47 Å². The van der Waals surface area contributed by atoms with Gasteiger partial charge in [0, 0.05) is 70.5 Å². The second-order valence-corrected chi connectivity index (χ2v) is 12.3. The minimum atomic E-state index is -1.44. The van der Waals surface area contributed by atoms with Gasteiger partial charge in [0.1, 0.15) is 40.0 Å². The van der Waals surface area contributed by atoms with Gasteiger partial charge in [0.2, 0.25) is 5.75 Å². The van der Waals surface area contributed by atoms with Crippen molar-refractivity contribution in [2.75, 3.05) is 0 Å². The molecule has 0 fully saturated rings. The normalized spacial score (nSPS) is 19.8. The van der Waals surface area contributed by atoms with Crippen molar-refractivity contribution in [3.8, 4) is 68.6 Å². The molecule has 0 radical (unpaired) electrons. The molecule has 0 saturated carbocycles. The second kappa shape index (κ2) is 11.1. The van der Waals surface area contributed by atoms with Crippen LogP contribution in [0.2, 0.25) is 0 Å². The lowest BCUT2D eigenvalue weighted by Crippen LogP contribution is -2.32. The second-order valence-electron chi connectivity index (χ2n) is 12.3. The summed E-state index contributed by atoms with van der Waals surface area (Å²) in [6.45, 7) is 0. The average molecular weight is 681 g/mol. The Bertz CT molecular complexity index is 2400. The van der Waals surface area contributed by atoms with Crippen molar-refractivity contribution in [1.29, 1.82) is 0 Å². The van der Waals surface area contributed by atoms with Gasteiger partial charge in [0.25, 0.3) is 0 Å². The highest BCUT2D eigenvalue weighted by atomic mass is 16.5. The molecular formula is C36H28N2O12. The van der Waals surface area contributed by atoms with E-state index in [2.05, 4.69) is 9.97 Å². The number of fused-ring (bicyclic) bond motifs is 4. The number of aliphatic hydroxyl groups excluding tert-OH is 2. The summed E-state index contributed by atoms with van der Waals surface area (Å²) >= 11 is 0. The van der Waals surface area contributed by atoms with Crippen molar-refractivity contribution < 1.29 is 60.5 Å². The first kappa shape index (κ1) is 30.9. The number of phenolic OH excluding ortho intramolecular Hbond substituents is 8. The van der Waals surface area contributed by atoms with Gasteiger partial charge in [-0.1, -0.05) is 12.1 Å². The van der Waals surface area contributed by atoms with E-state index in [0.29, 0.717) is 11.0 Å². The Morgan fingerprint density at radius 2 is 1.02 bits per heavy atom. The highest BCUT2D eigenvalue weighted by molar-refractivity contribution is 5.98. The van der Waals surface area contributed by atoms with Crippen molar-refractivity contribution in [2.24, 2.45) is 0 Å². The third-order valence-electron chi connectivity index (χ3n) is 9.16. The van der Waals surface area contributed by atoms with Crippen LogP contribution in [0.4, 0.5) is 0 Å². The molecule has 1 aromatic heterocycles. The number of hydrogen-bond acceptors (Lipinski definition) is 14. The molecule has 8 rings (SSSR count). The molecule has 14 heteroatoms. The number of benzene rings is 5. The molecule has 5 aromatic carbocycles. The molecule has 0 aliphatic carbocycles. The number of phenols is 8. The fraction of sp³-hybridized carbons (Fsp3) is 0.167. The summed E-state index contributed by atoms with van der Waals surface area (Å²) in [7, 11) is 0. The van der Waals surface area contributed by atoms with Gasteiger partial charge in [-0.05, 0) is 24.3 Å². The minimum absolute atomic E-state index is 0.00296. The van der Waals surface area contributed by atoms with E-state index in [1.165, 1.54) is 18.2 Å². The van der Waals surface area contributed by atoms with Crippen LogP contribution >= 0.6 is 0 Å². The molecule has 0 spiro atoms. The first-order chi connectivity index (χ1) is 23.9. The predicted molar refractivity (Wildman–Crippen MR) is 175 cm³/mol. The quantitative estimate of drug-likeness (QED) is 0.0931. The monoisotopic (exact) mass is 680 g/mol. The van der Waals surface area contributed by atoms with E-state index in [9.17, 15) is 51.1 Å². The highest BCUT2D eigenvalue weighted by Crippen LogP contribution is 2.55. The molecule has 50 heavy (non-hydrogen) atoms. The van der Waals surface area contributed by atoms with E-state index in [1.807, 2.05) is 0 Å². The zero-order chi connectivity index (χ0) is 35.2. The smallest absolute Gasteiger partial charge is 0.200 e. The van der Waals surface area contributed by atoms with Crippen LogP contribution in [0.3, 0.4) is 0 Å². The van der Waals surface area contributed by atoms with Gasteiger partial charge in [0.15, 0.2) is 29.5 Å². The largest absolute Gasteiger partial charge is 0.508 e. The lowest BCUT2D eigenvalue weighted by Gasteiger charge is -2.35. The van der Waals surface area contributed by atoms with Gasteiger partial charge in [-0.3, -0.25) is 0 Å². The van der Waals surface area contributed by atoms with Crippen LogP contribution in [0.1, 0.15) is 34.5 Å².